The van der Waals surface area contributed by atoms with Crippen molar-refractivity contribution in [2.24, 2.45) is 0 Å². The number of benzene rings is 2. The van der Waals surface area contributed by atoms with Crippen LogP contribution in [0.2, 0.25) is 0 Å². The maximum absolute atomic E-state index is 12.8. The van der Waals surface area contributed by atoms with Gasteiger partial charge in [-0.15, -0.1) is 0 Å². The first-order valence-corrected chi connectivity index (χ1v) is 11.7. The van der Waals surface area contributed by atoms with Crippen LogP contribution in [0.4, 0.5) is 0 Å². The van der Waals surface area contributed by atoms with E-state index in [4.69, 9.17) is 13.9 Å². The molecule has 0 atom stereocenters. The molecule has 2 aromatic rings. The second-order valence-electron chi connectivity index (χ2n) is 6.46. The zero-order valence-corrected chi connectivity index (χ0v) is 18.5. The predicted octanol–water partition coefficient (Wildman–Crippen LogP) is 5.36. The van der Waals surface area contributed by atoms with E-state index < -0.39 is 7.60 Å². The molecule has 0 spiro atoms. The second kappa shape index (κ2) is 13.1. The van der Waals surface area contributed by atoms with Crippen LogP contribution in [-0.4, -0.2) is 30.7 Å². The van der Waals surface area contributed by atoms with E-state index in [-0.39, 0.29) is 32.3 Å². The number of rotatable bonds is 13. The van der Waals surface area contributed by atoms with Gasteiger partial charge in [-0.05, 0) is 31.4 Å². The van der Waals surface area contributed by atoms with Crippen LogP contribution in [0, 0.1) is 0 Å². The minimum Gasteiger partial charge on any atom is -0.306 e. The number of carbonyl (C=O) groups excluding carboxylic acids is 1. The Kier molecular flexibility index (Phi) is 10.5. The van der Waals surface area contributed by atoms with Crippen LogP contribution in [0.1, 0.15) is 31.4 Å². The summed E-state index contributed by atoms with van der Waals surface area (Å²) in [5.41, 5.74) is 2.04. The standard InChI is InChI=1S/C23H30NO5P/c1-3-28-30(26,29-4-2)19-11-18-24(27-20-22-14-9-6-10-15-22)23(25)17-16-21-12-7-5-8-13-21/h5-15,19H,3-4,16-18,20H2,1-2H3/b19-11+. The molecule has 0 aliphatic heterocycles. The van der Waals surface area contributed by atoms with Crippen molar-refractivity contribution in [1.82, 2.24) is 5.06 Å². The molecule has 1 amide bonds. The quantitative estimate of drug-likeness (QED) is 0.316. The Balaban J connectivity index is 2.02. The first-order chi connectivity index (χ1) is 14.6. The summed E-state index contributed by atoms with van der Waals surface area (Å²) in [5, 5.41) is 1.30. The Morgan fingerprint density at radius 2 is 1.50 bits per heavy atom. The van der Waals surface area contributed by atoms with Gasteiger partial charge in [0.25, 0.3) is 0 Å². The molecule has 162 valence electrons. The molecule has 0 radical (unpaired) electrons. The number of carbonyl (C=O) groups is 1. The molecule has 6 nitrogen and oxygen atoms in total. The molecule has 2 rings (SSSR count). The van der Waals surface area contributed by atoms with Crippen molar-refractivity contribution >= 4 is 13.5 Å². The normalized spacial score (nSPS) is 11.7. The highest BCUT2D eigenvalue weighted by Crippen LogP contribution is 2.49. The summed E-state index contributed by atoms with van der Waals surface area (Å²) in [6.45, 7) is 4.45. The number of aryl methyl sites for hydroxylation is 1. The summed E-state index contributed by atoms with van der Waals surface area (Å²) in [4.78, 5) is 18.6. The topological polar surface area (TPSA) is 65.1 Å². The number of hydrogen-bond donors (Lipinski definition) is 0. The van der Waals surface area contributed by atoms with Crippen LogP contribution in [0.5, 0.6) is 0 Å². The van der Waals surface area contributed by atoms with Gasteiger partial charge >= 0.3 is 7.60 Å². The zero-order valence-electron chi connectivity index (χ0n) is 17.6. The lowest BCUT2D eigenvalue weighted by atomic mass is 10.1. The van der Waals surface area contributed by atoms with Crippen LogP contribution in [-0.2, 0) is 36.3 Å². The lowest BCUT2D eigenvalue weighted by molar-refractivity contribution is -0.188. The van der Waals surface area contributed by atoms with E-state index in [2.05, 4.69) is 0 Å². The van der Waals surface area contributed by atoms with Crippen LogP contribution in [0.25, 0.3) is 0 Å². The summed E-state index contributed by atoms with van der Waals surface area (Å²) in [6, 6.07) is 19.4. The van der Waals surface area contributed by atoms with E-state index >= 15 is 0 Å². The van der Waals surface area contributed by atoms with Gasteiger partial charge in [0.05, 0.1) is 19.8 Å². The molecule has 0 bridgehead atoms. The predicted molar refractivity (Wildman–Crippen MR) is 118 cm³/mol. The Hall–Kier alpha value is -2.24. The molecule has 0 saturated carbocycles. The Morgan fingerprint density at radius 1 is 0.933 bits per heavy atom. The van der Waals surface area contributed by atoms with Gasteiger partial charge in [-0.2, -0.15) is 0 Å². The first kappa shape index (κ1) is 24.0. The highest BCUT2D eigenvalue weighted by molar-refractivity contribution is 7.57. The average molecular weight is 431 g/mol. The van der Waals surface area contributed by atoms with Gasteiger partial charge in [-0.3, -0.25) is 14.2 Å². The monoisotopic (exact) mass is 431 g/mol. The molecule has 0 aromatic heterocycles. The zero-order chi connectivity index (χ0) is 21.7. The Labute approximate surface area is 178 Å². The smallest absolute Gasteiger partial charge is 0.306 e. The summed E-state index contributed by atoms with van der Waals surface area (Å²) < 4.78 is 23.1. The van der Waals surface area contributed by atoms with Crippen molar-refractivity contribution in [2.75, 3.05) is 19.8 Å². The number of hydrogen-bond acceptors (Lipinski definition) is 5. The van der Waals surface area contributed by atoms with E-state index in [1.54, 1.807) is 19.9 Å². The fraction of sp³-hybridized carbons (Fsp3) is 0.348. The molecule has 0 aliphatic rings. The highest BCUT2D eigenvalue weighted by atomic mass is 31.2. The lowest BCUT2D eigenvalue weighted by Gasteiger charge is -2.21. The van der Waals surface area contributed by atoms with Crippen molar-refractivity contribution in [3.05, 3.63) is 83.7 Å². The number of nitrogens with zero attached hydrogens (tertiary/aromatic N) is 1. The molecule has 0 aliphatic carbocycles. The Bertz CT molecular complexity index is 816. The van der Waals surface area contributed by atoms with E-state index in [1.165, 1.54) is 10.9 Å². The summed E-state index contributed by atoms with van der Waals surface area (Å²) in [5.74, 6) is 1.24. The molecule has 7 heteroatoms. The van der Waals surface area contributed by atoms with Gasteiger partial charge in [-0.1, -0.05) is 66.7 Å². The molecular formula is C23H30NO5P. The van der Waals surface area contributed by atoms with E-state index in [0.29, 0.717) is 12.8 Å². The molecule has 0 fully saturated rings. The van der Waals surface area contributed by atoms with Crippen molar-refractivity contribution < 1.29 is 23.2 Å². The van der Waals surface area contributed by atoms with Gasteiger partial charge in [-0.25, -0.2) is 5.06 Å². The summed E-state index contributed by atoms with van der Waals surface area (Å²) in [6.07, 6.45) is 2.52. The van der Waals surface area contributed by atoms with Crippen molar-refractivity contribution in [2.45, 2.75) is 33.3 Å². The van der Waals surface area contributed by atoms with Gasteiger partial charge in [0, 0.05) is 12.2 Å². The van der Waals surface area contributed by atoms with Crippen LogP contribution in [0.3, 0.4) is 0 Å². The summed E-state index contributed by atoms with van der Waals surface area (Å²) in [7, 11) is -3.32. The lowest BCUT2D eigenvalue weighted by Crippen LogP contribution is -2.31. The molecule has 0 saturated heterocycles. The minimum absolute atomic E-state index is 0.143. The molecule has 0 heterocycles. The third kappa shape index (κ3) is 8.64. The van der Waals surface area contributed by atoms with Gasteiger partial charge in [0.15, 0.2) is 0 Å². The van der Waals surface area contributed by atoms with Gasteiger partial charge in [0.2, 0.25) is 5.91 Å². The third-order valence-electron chi connectivity index (χ3n) is 4.16. The fourth-order valence-electron chi connectivity index (χ4n) is 2.73. The summed E-state index contributed by atoms with van der Waals surface area (Å²) >= 11 is 0. The first-order valence-electron chi connectivity index (χ1n) is 10.1. The number of hydroxylamine groups is 2. The molecule has 2 aromatic carbocycles. The third-order valence-corrected chi connectivity index (χ3v) is 5.97. The second-order valence-corrected chi connectivity index (χ2v) is 8.35. The van der Waals surface area contributed by atoms with Crippen molar-refractivity contribution in [3.8, 4) is 0 Å². The van der Waals surface area contributed by atoms with Crippen molar-refractivity contribution in [1.29, 1.82) is 0 Å². The van der Waals surface area contributed by atoms with Gasteiger partial charge in [0.1, 0.15) is 6.61 Å². The van der Waals surface area contributed by atoms with Crippen LogP contribution in [0.15, 0.2) is 72.6 Å². The minimum atomic E-state index is -3.32. The molecule has 0 unspecified atom stereocenters. The molecule has 30 heavy (non-hydrogen) atoms. The average Bonchev–Trinajstić information content (AvgIpc) is 2.76. The van der Waals surface area contributed by atoms with Gasteiger partial charge < -0.3 is 9.05 Å². The van der Waals surface area contributed by atoms with E-state index in [0.717, 1.165) is 11.1 Å². The maximum atomic E-state index is 12.8. The maximum Gasteiger partial charge on any atom is 0.353 e. The SMILES string of the molecule is CCOP(=O)(/C=C/CN(OCc1ccccc1)C(=O)CCc1ccccc1)OCC. The van der Waals surface area contributed by atoms with Crippen LogP contribution >= 0.6 is 7.60 Å². The molecule has 0 N–H and O–H groups in total. The Morgan fingerprint density at radius 3 is 2.07 bits per heavy atom. The highest BCUT2D eigenvalue weighted by Gasteiger charge is 2.20. The van der Waals surface area contributed by atoms with E-state index in [1.807, 2.05) is 60.7 Å². The largest absolute Gasteiger partial charge is 0.353 e. The van der Waals surface area contributed by atoms with Crippen LogP contribution < -0.4 is 0 Å². The number of amides is 1. The molecular weight excluding hydrogens is 401 g/mol. The fourth-order valence-corrected chi connectivity index (χ4v) is 4.05. The van der Waals surface area contributed by atoms with E-state index in [9.17, 15) is 9.36 Å². The van der Waals surface area contributed by atoms with Crippen molar-refractivity contribution in [3.63, 3.8) is 0 Å².